The van der Waals surface area contributed by atoms with Crippen molar-refractivity contribution in [1.29, 1.82) is 0 Å². The average molecular weight is 418 g/mol. The summed E-state index contributed by atoms with van der Waals surface area (Å²) in [6.45, 7) is 2.37. The van der Waals surface area contributed by atoms with Gasteiger partial charge in [-0.1, -0.05) is 11.8 Å². The first-order valence-corrected chi connectivity index (χ1v) is 10.4. The van der Waals surface area contributed by atoms with E-state index in [1.54, 1.807) is 12.1 Å². The van der Waals surface area contributed by atoms with Crippen LogP contribution in [0.4, 0.5) is 4.39 Å². The molecular formula is C21H23FN2O4S. The van der Waals surface area contributed by atoms with E-state index >= 15 is 0 Å². The fourth-order valence-corrected chi connectivity index (χ4v) is 3.96. The van der Waals surface area contributed by atoms with E-state index < -0.39 is 11.8 Å². The molecule has 1 aliphatic rings. The molecule has 1 aromatic carbocycles. The molecule has 1 saturated heterocycles. The number of aromatic carboxylic acids is 1. The number of β-amino-alcohol motifs (C(OH)–C–C–N with tert-alkyl or cyclic N) is 1. The van der Waals surface area contributed by atoms with Crippen molar-refractivity contribution in [3.63, 3.8) is 0 Å². The number of thiazole rings is 1. The van der Waals surface area contributed by atoms with Crippen LogP contribution in [0.3, 0.4) is 0 Å². The maximum absolute atomic E-state index is 14.2. The van der Waals surface area contributed by atoms with Crippen molar-refractivity contribution in [1.82, 2.24) is 9.88 Å². The number of nitrogens with zero attached hydrogens (tertiary/aromatic N) is 2. The molecule has 0 bridgehead atoms. The number of rotatable bonds is 7. The van der Waals surface area contributed by atoms with Crippen molar-refractivity contribution >= 4 is 17.3 Å². The van der Waals surface area contributed by atoms with Crippen LogP contribution in [0.5, 0.6) is 5.75 Å². The summed E-state index contributed by atoms with van der Waals surface area (Å²) in [6, 6.07) is 4.61. The number of carboxylic acid groups (broad SMARTS) is 1. The predicted octanol–water partition coefficient (Wildman–Crippen LogP) is 2.80. The Hall–Kier alpha value is -2.47. The molecule has 0 amide bonds. The highest BCUT2D eigenvalue weighted by Gasteiger charge is 2.16. The van der Waals surface area contributed by atoms with Gasteiger partial charge in [-0.3, -0.25) is 4.90 Å². The quantitative estimate of drug-likeness (QED) is 0.532. The van der Waals surface area contributed by atoms with Crippen molar-refractivity contribution in [3.05, 3.63) is 45.7 Å². The fraction of sp³-hybridized carbons (Fsp3) is 0.429. The van der Waals surface area contributed by atoms with Gasteiger partial charge in [0.05, 0.1) is 24.8 Å². The molecular weight excluding hydrogens is 395 g/mol. The van der Waals surface area contributed by atoms with Crippen LogP contribution in [-0.2, 0) is 6.42 Å². The van der Waals surface area contributed by atoms with E-state index in [9.17, 15) is 14.3 Å². The van der Waals surface area contributed by atoms with Crippen LogP contribution in [0.1, 0.15) is 40.2 Å². The zero-order valence-electron chi connectivity index (χ0n) is 15.9. The number of likely N-dealkylation sites (tertiary alicyclic amines) is 1. The highest BCUT2D eigenvalue weighted by atomic mass is 32.1. The number of aryl methyl sites for hydroxylation is 1. The molecule has 0 spiro atoms. The second kappa shape index (κ2) is 10.3. The summed E-state index contributed by atoms with van der Waals surface area (Å²) in [6.07, 6.45) is 2.59. The van der Waals surface area contributed by atoms with Gasteiger partial charge in [0, 0.05) is 17.0 Å². The predicted molar refractivity (Wildman–Crippen MR) is 108 cm³/mol. The van der Waals surface area contributed by atoms with E-state index in [1.807, 2.05) is 0 Å². The van der Waals surface area contributed by atoms with Gasteiger partial charge in [-0.15, -0.1) is 11.3 Å². The molecule has 6 nitrogen and oxygen atoms in total. The van der Waals surface area contributed by atoms with E-state index in [4.69, 9.17) is 9.84 Å². The number of piperidine rings is 1. The van der Waals surface area contributed by atoms with Crippen molar-refractivity contribution in [2.45, 2.75) is 31.8 Å². The van der Waals surface area contributed by atoms with E-state index in [0.29, 0.717) is 36.4 Å². The number of halogens is 1. The number of carbonyl (C=O) groups is 1. The Balaban J connectivity index is 1.46. The van der Waals surface area contributed by atoms with Crippen molar-refractivity contribution in [2.75, 3.05) is 26.2 Å². The highest BCUT2D eigenvalue weighted by molar-refractivity contribution is 7.09. The summed E-state index contributed by atoms with van der Waals surface area (Å²) in [7, 11) is 0. The fourth-order valence-electron chi connectivity index (χ4n) is 3.16. The Labute approximate surface area is 173 Å². The van der Waals surface area contributed by atoms with E-state index in [0.717, 1.165) is 19.4 Å². The number of carboxylic acids is 1. The highest BCUT2D eigenvalue weighted by Crippen LogP contribution is 2.20. The van der Waals surface area contributed by atoms with Crippen LogP contribution in [0.25, 0.3) is 0 Å². The van der Waals surface area contributed by atoms with Gasteiger partial charge in [0.15, 0.2) is 17.3 Å². The molecule has 8 heteroatoms. The molecule has 2 N–H and O–H groups in total. The topological polar surface area (TPSA) is 82.9 Å². The van der Waals surface area contributed by atoms with Crippen molar-refractivity contribution < 1.29 is 24.1 Å². The second-order valence-corrected chi connectivity index (χ2v) is 7.80. The summed E-state index contributed by atoms with van der Waals surface area (Å²) >= 11 is 1.29. The third-order valence-corrected chi connectivity index (χ3v) is 5.49. The molecule has 0 saturated carbocycles. The molecule has 29 heavy (non-hydrogen) atoms. The Morgan fingerprint density at radius 2 is 2.31 bits per heavy atom. The Morgan fingerprint density at radius 1 is 1.45 bits per heavy atom. The Bertz CT molecular complexity index is 906. The number of ether oxygens (including phenoxy) is 1. The van der Waals surface area contributed by atoms with Gasteiger partial charge in [0.1, 0.15) is 0 Å². The van der Waals surface area contributed by atoms with Gasteiger partial charge >= 0.3 is 5.97 Å². The zero-order valence-corrected chi connectivity index (χ0v) is 16.8. The number of aromatic nitrogens is 1. The number of hydrogen-bond donors (Lipinski definition) is 2. The second-order valence-electron chi connectivity index (χ2n) is 6.86. The van der Waals surface area contributed by atoms with Gasteiger partial charge in [-0.05, 0) is 50.4 Å². The van der Waals surface area contributed by atoms with Crippen LogP contribution >= 0.6 is 11.3 Å². The van der Waals surface area contributed by atoms with E-state index in [1.165, 1.54) is 22.9 Å². The molecule has 1 atom stereocenters. The molecule has 3 rings (SSSR count). The lowest BCUT2D eigenvalue weighted by Gasteiger charge is -2.28. The number of hydrogen-bond acceptors (Lipinski definition) is 6. The molecule has 0 aliphatic carbocycles. The first-order chi connectivity index (χ1) is 14.0. The monoisotopic (exact) mass is 418 g/mol. The van der Waals surface area contributed by atoms with Gasteiger partial charge in [-0.2, -0.15) is 0 Å². The summed E-state index contributed by atoms with van der Waals surface area (Å²) in [5.74, 6) is 4.61. The Morgan fingerprint density at radius 3 is 3.07 bits per heavy atom. The normalized spacial score (nSPS) is 16.8. The SMILES string of the molecule is O=C(O)c1ncsc1CCCOc1ccc(C#CCN2CCCC(O)C2)cc1F. The number of aliphatic hydroxyl groups excluding tert-OH is 1. The third-order valence-electron chi connectivity index (χ3n) is 4.60. The molecule has 1 unspecified atom stereocenters. The van der Waals surface area contributed by atoms with Gasteiger partial charge < -0.3 is 14.9 Å². The summed E-state index contributed by atoms with van der Waals surface area (Å²) in [5.41, 5.74) is 2.15. The van der Waals surface area contributed by atoms with Crippen LogP contribution < -0.4 is 4.74 Å². The van der Waals surface area contributed by atoms with Crippen LogP contribution in [0.2, 0.25) is 0 Å². The molecule has 1 aliphatic heterocycles. The molecule has 1 fully saturated rings. The lowest BCUT2D eigenvalue weighted by Crippen LogP contribution is -2.38. The summed E-state index contributed by atoms with van der Waals surface area (Å²) in [5, 5.41) is 18.7. The standard InChI is InChI=1S/C21H23FN2O4S/c22-17-12-15(4-1-9-24-10-2-5-16(25)13-24)7-8-18(17)28-11-3-6-19-20(21(26)27)23-14-29-19/h7-8,12,14,16,25H,2-3,5-6,9-11,13H2,(H,26,27). The number of benzene rings is 1. The van der Waals surface area contributed by atoms with Gasteiger partial charge in [0.25, 0.3) is 0 Å². The summed E-state index contributed by atoms with van der Waals surface area (Å²) in [4.78, 5) is 17.6. The minimum absolute atomic E-state index is 0.0724. The molecule has 2 aromatic rings. The third kappa shape index (κ3) is 6.26. The van der Waals surface area contributed by atoms with Crippen molar-refractivity contribution in [3.8, 4) is 17.6 Å². The Kier molecular flexibility index (Phi) is 7.58. The molecule has 1 aromatic heterocycles. The lowest BCUT2D eigenvalue weighted by molar-refractivity contribution is 0.0690. The largest absolute Gasteiger partial charge is 0.491 e. The smallest absolute Gasteiger partial charge is 0.355 e. The summed E-state index contributed by atoms with van der Waals surface area (Å²) < 4.78 is 19.7. The average Bonchev–Trinajstić information content (AvgIpc) is 3.15. The van der Waals surface area contributed by atoms with Crippen LogP contribution in [0.15, 0.2) is 23.7 Å². The van der Waals surface area contributed by atoms with Crippen molar-refractivity contribution in [2.24, 2.45) is 0 Å². The minimum atomic E-state index is -1.04. The van der Waals surface area contributed by atoms with Crippen LogP contribution in [-0.4, -0.2) is 58.4 Å². The van der Waals surface area contributed by atoms with E-state index in [2.05, 4.69) is 21.7 Å². The number of aliphatic hydroxyl groups is 1. The van der Waals surface area contributed by atoms with Gasteiger partial charge in [-0.25, -0.2) is 14.2 Å². The molecule has 0 radical (unpaired) electrons. The zero-order chi connectivity index (χ0) is 20.6. The maximum Gasteiger partial charge on any atom is 0.355 e. The molecule has 154 valence electrons. The minimum Gasteiger partial charge on any atom is -0.491 e. The van der Waals surface area contributed by atoms with E-state index in [-0.39, 0.29) is 24.2 Å². The van der Waals surface area contributed by atoms with Gasteiger partial charge in [0.2, 0.25) is 0 Å². The first kappa shape index (κ1) is 21.2. The van der Waals surface area contributed by atoms with Crippen LogP contribution in [0, 0.1) is 17.7 Å². The lowest BCUT2D eigenvalue weighted by atomic mass is 10.1. The first-order valence-electron chi connectivity index (χ1n) is 9.50. The maximum atomic E-state index is 14.2. The molecule has 2 heterocycles.